The second kappa shape index (κ2) is 17.6. The smallest absolute Gasteiger partial charge is 0.494 e. The Balaban J connectivity index is 0.000000640. The van der Waals surface area contributed by atoms with Crippen LogP contribution in [0.1, 0.15) is 61.4 Å². The van der Waals surface area contributed by atoms with E-state index in [-0.39, 0.29) is 23.0 Å². The van der Waals surface area contributed by atoms with Crippen molar-refractivity contribution in [3.05, 3.63) is 123 Å². The third-order valence-electron chi connectivity index (χ3n) is 5.47. The SMILES string of the molecule is CCCCCCCCOc1ccc(OC(=O)c2ccc([C]3[CH][CH][CH][CH]3)cc2)cc1.[CH]1[CH][CH][CH][CH]1.[Fe+2]. The van der Waals surface area contributed by atoms with Gasteiger partial charge in [0.2, 0.25) is 0 Å². The Morgan fingerprint density at radius 2 is 1.20 bits per heavy atom. The zero-order valence-corrected chi connectivity index (χ0v) is 21.4. The summed E-state index contributed by atoms with van der Waals surface area (Å²) in [5.41, 5.74) is 1.61. The van der Waals surface area contributed by atoms with E-state index >= 15 is 0 Å². The first kappa shape index (κ1) is 29.5. The summed E-state index contributed by atoms with van der Waals surface area (Å²) in [5, 5.41) is 0. The van der Waals surface area contributed by atoms with Gasteiger partial charge in [-0.15, -0.1) is 0 Å². The van der Waals surface area contributed by atoms with Crippen LogP contribution in [0.15, 0.2) is 48.5 Å². The quantitative estimate of drug-likeness (QED) is 0.137. The number of hydrogen-bond acceptors (Lipinski definition) is 3. The molecule has 0 unspecified atom stereocenters. The Hall–Kier alpha value is -1.77. The first-order chi connectivity index (χ1) is 16.8. The van der Waals surface area contributed by atoms with Crippen LogP contribution in [0.2, 0.25) is 0 Å². The van der Waals surface area contributed by atoms with Crippen molar-refractivity contribution in [3.8, 4) is 11.5 Å². The van der Waals surface area contributed by atoms with Crippen LogP contribution >= 0.6 is 0 Å². The van der Waals surface area contributed by atoms with Gasteiger partial charge < -0.3 is 9.47 Å². The summed E-state index contributed by atoms with van der Waals surface area (Å²) in [5.74, 6) is 2.10. The van der Waals surface area contributed by atoms with Crippen LogP contribution in [0.25, 0.3) is 0 Å². The standard InChI is InChI=1S/C26H29O3.C5H5.Fe/c1-2-3-4-5-6-9-20-28-24-16-18-25(19-17-24)29-26(27)23-14-12-22(13-15-23)21-10-7-8-11-21;1-2-4-5-3-1;/h7-8,10-19H,2-6,9,20H2,1H3;1-5H;/q;;+2. The number of esters is 1. The number of ether oxygens (including phenoxy) is 2. The van der Waals surface area contributed by atoms with E-state index in [1.165, 1.54) is 32.1 Å². The van der Waals surface area contributed by atoms with Gasteiger partial charge in [0.05, 0.1) is 12.2 Å². The fourth-order valence-corrected chi connectivity index (χ4v) is 3.53. The third-order valence-corrected chi connectivity index (χ3v) is 5.47. The summed E-state index contributed by atoms with van der Waals surface area (Å²) in [4.78, 5) is 12.4. The van der Waals surface area contributed by atoms with Crippen molar-refractivity contribution in [1.29, 1.82) is 0 Å². The van der Waals surface area contributed by atoms with E-state index in [4.69, 9.17) is 9.47 Å². The largest absolute Gasteiger partial charge is 2.00 e. The fourth-order valence-electron chi connectivity index (χ4n) is 3.53. The molecule has 4 rings (SSSR count). The first-order valence-corrected chi connectivity index (χ1v) is 12.2. The van der Waals surface area contributed by atoms with Crippen molar-refractivity contribution in [1.82, 2.24) is 0 Å². The molecule has 2 fully saturated rings. The number of hydrogen-bond donors (Lipinski definition) is 0. The molecule has 2 aliphatic rings. The summed E-state index contributed by atoms with van der Waals surface area (Å²) in [6, 6.07) is 14.7. The average Bonchev–Trinajstić information content (AvgIpc) is 3.62. The van der Waals surface area contributed by atoms with Crippen molar-refractivity contribution < 1.29 is 31.3 Å². The van der Waals surface area contributed by atoms with E-state index in [0.717, 1.165) is 30.3 Å². The van der Waals surface area contributed by atoms with Crippen LogP contribution in [0.4, 0.5) is 0 Å². The van der Waals surface area contributed by atoms with Crippen LogP contribution in [0.3, 0.4) is 0 Å². The molecule has 0 spiro atoms. The summed E-state index contributed by atoms with van der Waals surface area (Å²) in [6.45, 7) is 2.95. The van der Waals surface area contributed by atoms with Gasteiger partial charge in [0, 0.05) is 5.92 Å². The van der Waals surface area contributed by atoms with Crippen molar-refractivity contribution >= 4 is 5.97 Å². The predicted molar refractivity (Wildman–Crippen MR) is 138 cm³/mol. The molecule has 0 aliphatic heterocycles. The molecule has 0 amide bonds. The van der Waals surface area contributed by atoms with Gasteiger partial charge in [-0.25, -0.2) is 4.79 Å². The van der Waals surface area contributed by atoms with Crippen molar-refractivity contribution in [2.24, 2.45) is 0 Å². The zero-order valence-electron chi connectivity index (χ0n) is 20.3. The molecule has 4 heteroatoms. The normalized spacial score (nSPS) is 15.1. The van der Waals surface area contributed by atoms with E-state index in [2.05, 4.69) is 6.92 Å². The van der Waals surface area contributed by atoms with Gasteiger partial charge in [-0.1, -0.05) is 51.2 Å². The number of benzene rings is 2. The molecule has 2 aromatic rings. The molecule has 2 aromatic carbocycles. The number of carbonyl (C=O) groups excluding carboxylic acids is 1. The summed E-state index contributed by atoms with van der Waals surface area (Å²) >= 11 is 0. The maximum atomic E-state index is 12.4. The van der Waals surface area contributed by atoms with Crippen LogP contribution in [0, 0.1) is 63.7 Å². The van der Waals surface area contributed by atoms with Gasteiger partial charge >= 0.3 is 23.0 Å². The van der Waals surface area contributed by atoms with Gasteiger partial charge in [-0.2, -0.15) is 0 Å². The fraction of sp³-hybridized carbons (Fsp3) is 0.258. The summed E-state index contributed by atoms with van der Waals surface area (Å²) in [7, 11) is 0. The minimum absolute atomic E-state index is 0. The monoisotopic (exact) mass is 510 g/mol. The van der Waals surface area contributed by atoms with Crippen molar-refractivity contribution in [3.63, 3.8) is 0 Å². The van der Waals surface area contributed by atoms with Crippen LogP contribution in [0.5, 0.6) is 11.5 Å². The molecule has 2 saturated carbocycles. The van der Waals surface area contributed by atoms with Gasteiger partial charge in [0.15, 0.2) is 0 Å². The molecule has 10 radical (unpaired) electrons. The Bertz CT molecular complexity index is 799. The van der Waals surface area contributed by atoms with Crippen molar-refractivity contribution in [2.45, 2.75) is 45.4 Å². The van der Waals surface area contributed by atoms with E-state index in [9.17, 15) is 4.79 Å². The molecule has 0 heterocycles. The molecule has 0 saturated heterocycles. The Morgan fingerprint density at radius 1 is 0.657 bits per heavy atom. The summed E-state index contributed by atoms with van der Waals surface area (Å²) < 4.78 is 11.2. The van der Waals surface area contributed by atoms with E-state index in [0.29, 0.717) is 11.3 Å². The molecular formula is C31H34FeO3+2. The Kier molecular flexibility index (Phi) is 14.8. The minimum Gasteiger partial charge on any atom is -0.494 e. The van der Waals surface area contributed by atoms with Crippen LogP contribution in [-0.2, 0) is 17.1 Å². The van der Waals surface area contributed by atoms with Crippen molar-refractivity contribution in [2.75, 3.05) is 6.61 Å². The molecule has 2 aliphatic carbocycles. The topological polar surface area (TPSA) is 35.5 Å². The van der Waals surface area contributed by atoms with E-state index in [1.807, 2.05) is 82.1 Å². The van der Waals surface area contributed by atoms with Gasteiger partial charge in [0.25, 0.3) is 0 Å². The Morgan fingerprint density at radius 3 is 1.80 bits per heavy atom. The average molecular weight is 510 g/mol. The third kappa shape index (κ3) is 11.2. The van der Waals surface area contributed by atoms with E-state index < -0.39 is 0 Å². The molecular weight excluding hydrogens is 476 g/mol. The predicted octanol–water partition coefficient (Wildman–Crippen LogP) is 7.42. The first-order valence-electron chi connectivity index (χ1n) is 12.2. The molecule has 0 aromatic heterocycles. The zero-order chi connectivity index (χ0) is 23.8. The van der Waals surface area contributed by atoms with Crippen LogP contribution in [-0.4, -0.2) is 12.6 Å². The van der Waals surface area contributed by atoms with Gasteiger partial charge in [0.1, 0.15) is 11.5 Å². The van der Waals surface area contributed by atoms with Gasteiger partial charge in [-0.3, -0.25) is 0 Å². The molecule has 0 atom stereocenters. The maximum absolute atomic E-state index is 12.4. The summed E-state index contributed by atoms with van der Waals surface area (Å²) in [6.07, 6.45) is 25.5. The molecule has 182 valence electrons. The van der Waals surface area contributed by atoms with E-state index in [1.54, 1.807) is 24.3 Å². The second-order valence-corrected chi connectivity index (χ2v) is 8.19. The second-order valence-electron chi connectivity index (χ2n) is 8.19. The maximum Gasteiger partial charge on any atom is 2.00 e. The molecule has 0 N–H and O–H groups in total. The van der Waals surface area contributed by atoms with Gasteiger partial charge in [-0.05, 0) is 106 Å². The Labute approximate surface area is 223 Å². The van der Waals surface area contributed by atoms with Crippen LogP contribution < -0.4 is 9.47 Å². The molecule has 35 heavy (non-hydrogen) atoms. The number of rotatable bonds is 11. The number of unbranched alkanes of at least 4 members (excludes halogenated alkanes) is 5. The minimum atomic E-state index is -0.361. The number of carbonyl (C=O) groups is 1. The molecule has 3 nitrogen and oxygen atoms in total. The molecule has 0 bridgehead atoms.